The van der Waals surface area contributed by atoms with Crippen LogP contribution in [0.3, 0.4) is 0 Å². The van der Waals surface area contributed by atoms with Crippen molar-refractivity contribution in [2.75, 3.05) is 0 Å². The molecule has 1 unspecified atom stereocenters. The van der Waals surface area contributed by atoms with Crippen LogP contribution in [0.25, 0.3) is 0 Å². The monoisotopic (exact) mass is 215 g/mol. The van der Waals surface area contributed by atoms with E-state index in [0.29, 0.717) is 9.25 Å². The van der Waals surface area contributed by atoms with Crippen molar-refractivity contribution in [2.45, 2.75) is 19.8 Å². The molecule has 0 saturated heterocycles. The topological polar surface area (TPSA) is 76.9 Å². The molecular formula is C9H13N3O3. The number of hydrogen-bond donors (Lipinski definition) is 1. The van der Waals surface area contributed by atoms with E-state index in [-0.39, 0.29) is 5.09 Å². The van der Waals surface area contributed by atoms with Crippen LogP contribution in [-0.4, -0.2) is 20.1 Å². The van der Waals surface area contributed by atoms with Crippen molar-refractivity contribution in [3.8, 4) is 0 Å². The number of rotatable bonds is 3. The highest BCUT2D eigenvalue weighted by Gasteiger charge is 2.21. The van der Waals surface area contributed by atoms with Gasteiger partial charge in [-0.1, -0.05) is 6.58 Å². The second-order valence-electron chi connectivity index (χ2n) is 3.11. The van der Waals surface area contributed by atoms with Gasteiger partial charge in [0, 0.05) is 11.2 Å². The van der Waals surface area contributed by atoms with Crippen LogP contribution >= 0.6 is 0 Å². The zero-order valence-corrected chi connectivity index (χ0v) is 8.35. The van der Waals surface area contributed by atoms with E-state index in [0.717, 1.165) is 14.0 Å². The quantitative estimate of drug-likeness (QED) is 0.696. The van der Waals surface area contributed by atoms with E-state index in [2.05, 4.69) is 6.58 Å². The standard InChI is InChI=1S/C9H13N3O3/c1-5(2)7(6(3)13)12-9(15)11(4)8(14)10-12/h7H,1H2,2-4H3,(H,10,14)/i2D3/hD. The Morgan fingerprint density at radius 2 is 2.27 bits per heavy atom. The minimum Gasteiger partial charge on any atom is -0.297 e. The van der Waals surface area contributed by atoms with E-state index in [1.54, 1.807) is 0 Å². The number of carbonyl (C=O) groups is 1. The predicted octanol–water partition coefficient (Wildman–Crippen LogP) is -0.419. The zero-order valence-electron chi connectivity index (χ0n) is 12.4. The van der Waals surface area contributed by atoms with Gasteiger partial charge in [0.2, 0.25) is 0 Å². The highest BCUT2D eigenvalue weighted by Crippen LogP contribution is 2.12. The number of nitrogens with zero attached hydrogens (tertiary/aromatic N) is 2. The second kappa shape index (κ2) is 3.72. The van der Waals surface area contributed by atoms with E-state index >= 15 is 0 Å². The Hall–Kier alpha value is -1.85. The molecule has 0 saturated carbocycles. The van der Waals surface area contributed by atoms with Gasteiger partial charge in [-0.3, -0.25) is 4.79 Å². The SMILES string of the molecule is [2H]n1c(=O)n(C)c(=O)n1C(C(=C)C([2H])([2H])[2H])C(C)=O. The van der Waals surface area contributed by atoms with Crippen LogP contribution in [0.4, 0.5) is 0 Å². The molecule has 15 heavy (non-hydrogen) atoms. The fraction of sp³-hybridized carbons (Fsp3) is 0.444. The van der Waals surface area contributed by atoms with E-state index < -0.39 is 35.6 Å². The van der Waals surface area contributed by atoms with E-state index in [9.17, 15) is 14.4 Å². The lowest BCUT2D eigenvalue weighted by Crippen LogP contribution is -2.31. The first-order chi connectivity index (χ1) is 8.50. The zero-order chi connectivity index (χ0) is 15.1. The van der Waals surface area contributed by atoms with Gasteiger partial charge in [-0.2, -0.15) is 0 Å². The first-order valence-electron chi connectivity index (χ1n) is 6.04. The average molecular weight is 215 g/mol. The molecule has 1 heterocycles. The Bertz CT molecular complexity index is 649. The summed E-state index contributed by atoms with van der Waals surface area (Å²) in [6.07, 6.45) is 0. The Morgan fingerprint density at radius 3 is 2.60 bits per heavy atom. The third kappa shape index (κ3) is 1.83. The van der Waals surface area contributed by atoms with Gasteiger partial charge in [-0.25, -0.2) is 23.9 Å². The first-order valence-corrected chi connectivity index (χ1v) is 4.09. The predicted molar refractivity (Wildman–Crippen MR) is 54.8 cm³/mol. The summed E-state index contributed by atoms with van der Waals surface area (Å²) in [6.45, 7) is 1.68. The molecule has 1 aromatic rings. The normalized spacial score (nSPS) is 17.2. The van der Waals surface area contributed by atoms with Crippen molar-refractivity contribution in [3.05, 3.63) is 33.1 Å². The maximum atomic E-state index is 11.8. The molecule has 1 N–H and O–H groups in total. The van der Waals surface area contributed by atoms with Crippen LogP contribution < -0.4 is 11.4 Å². The van der Waals surface area contributed by atoms with Crippen LogP contribution in [0.2, 0.25) is 1.41 Å². The Morgan fingerprint density at radius 1 is 1.67 bits per heavy atom. The van der Waals surface area contributed by atoms with E-state index in [1.165, 1.54) is 0 Å². The Kier molecular flexibility index (Phi) is 1.64. The summed E-state index contributed by atoms with van der Waals surface area (Å²) in [5, 5.41) is 0.158. The van der Waals surface area contributed by atoms with Gasteiger partial charge in [0.25, 0.3) is 0 Å². The van der Waals surface area contributed by atoms with E-state index in [1.807, 2.05) is 0 Å². The molecular weight excluding hydrogens is 198 g/mol. The molecule has 0 radical (unpaired) electrons. The van der Waals surface area contributed by atoms with Crippen molar-refractivity contribution in [1.29, 1.82) is 0 Å². The van der Waals surface area contributed by atoms with Crippen LogP contribution in [-0.2, 0) is 11.8 Å². The molecule has 0 aliphatic heterocycles. The second-order valence-corrected chi connectivity index (χ2v) is 3.11. The first kappa shape index (κ1) is 6.60. The fourth-order valence-electron chi connectivity index (χ4n) is 1.17. The van der Waals surface area contributed by atoms with Gasteiger partial charge in [-0.15, -0.1) is 0 Å². The van der Waals surface area contributed by atoms with Gasteiger partial charge in [0.1, 0.15) is 6.04 Å². The fourth-order valence-corrected chi connectivity index (χ4v) is 1.17. The Balaban J connectivity index is 3.60. The summed E-state index contributed by atoms with van der Waals surface area (Å²) < 4.78 is 30.2. The summed E-state index contributed by atoms with van der Waals surface area (Å²) in [7, 11) is 1.13. The van der Waals surface area contributed by atoms with Crippen molar-refractivity contribution in [1.82, 2.24) is 14.3 Å². The lowest BCUT2D eigenvalue weighted by Gasteiger charge is -2.12. The molecule has 6 heteroatoms. The van der Waals surface area contributed by atoms with Crippen LogP contribution in [0.15, 0.2) is 21.7 Å². The highest BCUT2D eigenvalue weighted by atomic mass is 16.2. The smallest absolute Gasteiger partial charge is 0.297 e. The largest absolute Gasteiger partial charge is 0.347 e. The van der Waals surface area contributed by atoms with Crippen LogP contribution in [0.5, 0.6) is 0 Å². The molecule has 1 aromatic heterocycles. The molecule has 0 aliphatic rings. The van der Waals surface area contributed by atoms with Gasteiger partial charge < -0.3 is 0 Å². The molecule has 0 aliphatic carbocycles. The molecule has 6 nitrogen and oxygen atoms in total. The number of nitrogens with one attached hydrogen (secondary N) is 1. The van der Waals surface area contributed by atoms with Gasteiger partial charge in [0.05, 0.1) is 0 Å². The Labute approximate surface area is 91.5 Å². The summed E-state index contributed by atoms with van der Waals surface area (Å²) >= 11 is 0. The maximum absolute atomic E-state index is 11.8. The lowest BCUT2D eigenvalue weighted by molar-refractivity contribution is -0.119. The average Bonchev–Trinajstić information content (AvgIpc) is 2.45. The number of H-pyrrole nitrogens is 1. The van der Waals surface area contributed by atoms with Gasteiger partial charge in [-0.05, 0) is 19.3 Å². The minimum absolute atomic E-state index is 0.158. The molecule has 0 fully saturated rings. The summed E-state index contributed by atoms with van der Waals surface area (Å²) in [5.74, 6) is -0.699. The third-order valence-electron chi connectivity index (χ3n) is 1.92. The molecule has 0 amide bonds. The number of aromatic amines is 1. The van der Waals surface area contributed by atoms with Crippen molar-refractivity contribution in [2.24, 2.45) is 7.05 Å². The van der Waals surface area contributed by atoms with Crippen LogP contribution in [0, 0.1) is 0 Å². The summed E-state index contributed by atoms with van der Waals surface area (Å²) in [5.41, 5.74) is -2.45. The number of aromatic nitrogens is 3. The highest BCUT2D eigenvalue weighted by molar-refractivity contribution is 5.82. The van der Waals surface area contributed by atoms with Gasteiger partial charge in [0.15, 0.2) is 7.20 Å². The number of hydrogen-bond acceptors (Lipinski definition) is 3. The van der Waals surface area contributed by atoms with Gasteiger partial charge >= 0.3 is 11.4 Å². The number of ketones is 1. The molecule has 0 bridgehead atoms. The molecule has 82 valence electrons. The maximum Gasteiger partial charge on any atom is 0.347 e. The third-order valence-corrected chi connectivity index (χ3v) is 1.92. The summed E-state index contributed by atoms with van der Waals surface area (Å²) in [6, 6.07) is -1.58. The summed E-state index contributed by atoms with van der Waals surface area (Å²) in [4.78, 5) is 34.8. The minimum atomic E-state index is -2.68. The van der Waals surface area contributed by atoms with Crippen molar-refractivity contribution < 1.29 is 10.3 Å². The van der Waals surface area contributed by atoms with E-state index in [4.69, 9.17) is 5.52 Å². The van der Waals surface area contributed by atoms with Crippen LogP contribution in [0.1, 0.15) is 23.9 Å². The number of Topliss-reactive ketones (excluding diaryl/α,β-unsaturated/α-hetero) is 1. The molecule has 1 rings (SSSR count). The number of allylic oxidation sites excluding steroid dienone is 1. The van der Waals surface area contributed by atoms with Crippen molar-refractivity contribution in [3.63, 3.8) is 0 Å². The number of carbonyl (C=O) groups excluding carboxylic acids is 1. The molecule has 1 atom stereocenters. The lowest BCUT2D eigenvalue weighted by atomic mass is 10.1. The molecule has 0 aromatic carbocycles. The molecule has 0 spiro atoms. The van der Waals surface area contributed by atoms with Crippen molar-refractivity contribution >= 4 is 5.78 Å².